The van der Waals surface area contributed by atoms with Crippen molar-refractivity contribution in [1.29, 1.82) is 0 Å². The van der Waals surface area contributed by atoms with E-state index in [9.17, 15) is 14.0 Å². The van der Waals surface area contributed by atoms with Gasteiger partial charge in [0.05, 0.1) is 5.41 Å². The molecule has 0 bridgehead atoms. The number of hydrogen-bond donors (Lipinski definition) is 2. The van der Waals surface area contributed by atoms with E-state index in [1.54, 1.807) is 37.4 Å². The third-order valence-electron chi connectivity index (χ3n) is 6.00. The topological polar surface area (TPSA) is 76.7 Å². The lowest BCUT2D eigenvalue weighted by atomic mass is 9.94. The Bertz CT molecular complexity index is 1240. The Morgan fingerprint density at radius 1 is 0.969 bits per heavy atom. The molecule has 0 unspecified atom stereocenters. The van der Waals surface area contributed by atoms with Gasteiger partial charge in [0, 0.05) is 23.9 Å². The normalized spacial score (nSPS) is 15.2. The van der Waals surface area contributed by atoms with Crippen LogP contribution in [-0.4, -0.2) is 25.7 Å². The van der Waals surface area contributed by atoms with Gasteiger partial charge in [0.25, 0.3) is 5.91 Å². The molecule has 1 aliphatic heterocycles. The largest absolute Gasteiger partial charge is 0.454 e. The number of benzene rings is 3. The lowest BCUT2D eigenvalue weighted by Crippen LogP contribution is -2.27. The summed E-state index contributed by atoms with van der Waals surface area (Å²) < 4.78 is 25.4. The molecule has 3 aromatic rings. The Morgan fingerprint density at radius 3 is 2.56 bits per heavy atom. The molecule has 2 N–H and O–H groups in total. The average Bonchev–Trinajstić information content (AvgIpc) is 3.50. The number of ether oxygens (including phenoxy) is 2. The van der Waals surface area contributed by atoms with Crippen LogP contribution in [0.4, 0.5) is 10.1 Å². The molecule has 6 nitrogen and oxygen atoms in total. The van der Waals surface area contributed by atoms with Crippen molar-refractivity contribution in [1.82, 2.24) is 5.32 Å². The minimum absolute atomic E-state index is 0.145. The summed E-state index contributed by atoms with van der Waals surface area (Å²) in [5.74, 6) is 0.479. The van der Waals surface area contributed by atoms with Gasteiger partial charge in [-0.2, -0.15) is 0 Å². The summed E-state index contributed by atoms with van der Waals surface area (Å²) in [5, 5.41) is 5.50. The van der Waals surface area contributed by atoms with Crippen LogP contribution in [0.5, 0.6) is 11.5 Å². The van der Waals surface area contributed by atoms with Gasteiger partial charge in [0.1, 0.15) is 5.82 Å². The number of nitrogens with one attached hydrogen (secondary N) is 2. The number of fused-ring (bicyclic) bond motifs is 1. The van der Waals surface area contributed by atoms with E-state index < -0.39 is 11.2 Å². The number of carbonyl (C=O) groups is 2. The van der Waals surface area contributed by atoms with Gasteiger partial charge >= 0.3 is 0 Å². The van der Waals surface area contributed by atoms with Crippen LogP contribution >= 0.6 is 0 Å². The highest BCUT2D eigenvalue weighted by atomic mass is 19.1. The molecule has 1 heterocycles. The van der Waals surface area contributed by atoms with Gasteiger partial charge in [0.2, 0.25) is 12.7 Å². The molecule has 0 saturated heterocycles. The van der Waals surface area contributed by atoms with Gasteiger partial charge in [-0.25, -0.2) is 4.39 Å². The highest BCUT2D eigenvalue weighted by Crippen LogP contribution is 2.51. The lowest BCUT2D eigenvalue weighted by Gasteiger charge is -2.17. The van der Waals surface area contributed by atoms with Crippen molar-refractivity contribution in [2.45, 2.75) is 18.3 Å². The molecule has 3 aromatic carbocycles. The van der Waals surface area contributed by atoms with Gasteiger partial charge in [-0.05, 0) is 66.4 Å². The van der Waals surface area contributed by atoms with Crippen molar-refractivity contribution in [3.63, 3.8) is 0 Å². The van der Waals surface area contributed by atoms with Crippen LogP contribution in [-0.2, 0) is 10.2 Å². The molecule has 1 aliphatic carbocycles. The van der Waals surface area contributed by atoms with Crippen molar-refractivity contribution in [2.75, 3.05) is 19.2 Å². The third kappa shape index (κ3) is 3.45. The second-order valence-corrected chi connectivity index (χ2v) is 7.96. The van der Waals surface area contributed by atoms with Gasteiger partial charge in [0.15, 0.2) is 11.5 Å². The molecule has 2 aliphatic rings. The van der Waals surface area contributed by atoms with Crippen LogP contribution in [0.15, 0.2) is 60.7 Å². The summed E-state index contributed by atoms with van der Waals surface area (Å²) in [6.07, 6.45) is 1.45. The van der Waals surface area contributed by atoms with Gasteiger partial charge in [-0.1, -0.05) is 18.2 Å². The van der Waals surface area contributed by atoms with Crippen LogP contribution in [0, 0.1) is 5.82 Å². The molecule has 0 radical (unpaired) electrons. The number of carbonyl (C=O) groups excluding carboxylic acids is 2. The van der Waals surface area contributed by atoms with Gasteiger partial charge in [-0.3, -0.25) is 9.59 Å². The molecule has 0 spiro atoms. The lowest BCUT2D eigenvalue weighted by molar-refractivity contribution is -0.118. The second-order valence-electron chi connectivity index (χ2n) is 7.96. The van der Waals surface area contributed by atoms with Crippen molar-refractivity contribution in [3.05, 3.63) is 77.6 Å². The summed E-state index contributed by atoms with van der Waals surface area (Å²) >= 11 is 0. The molecule has 162 valence electrons. The third-order valence-corrected chi connectivity index (χ3v) is 6.00. The predicted molar refractivity (Wildman–Crippen MR) is 117 cm³/mol. The van der Waals surface area contributed by atoms with E-state index in [2.05, 4.69) is 10.6 Å². The van der Waals surface area contributed by atoms with E-state index in [0.717, 1.165) is 18.4 Å². The molecule has 1 fully saturated rings. The number of hydrogen-bond acceptors (Lipinski definition) is 4. The Morgan fingerprint density at radius 2 is 1.78 bits per heavy atom. The highest BCUT2D eigenvalue weighted by Gasteiger charge is 2.51. The Balaban J connectivity index is 1.41. The first-order valence-corrected chi connectivity index (χ1v) is 10.3. The Labute approximate surface area is 184 Å². The molecule has 0 atom stereocenters. The fourth-order valence-corrected chi connectivity index (χ4v) is 4.01. The molecule has 7 heteroatoms. The van der Waals surface area contributed by atoms with Crippen LogP contribution in [0.25, 0.3) is 11.1 Å². The van der Waals surface area contributed by atoms with Crippen LogP contribution in [0.2, 0.25) is 0 Å². The molecule has 2 amide bonds. The minimum atomic E-state index is -0.630. The zero-order valence-corrected chi connectivity index (χ0v) is 17.4. The van der Waals surface area contributed by atoms with E-state index >= 15 is 0 Å². The van der Waals surface area contributed by atoms with Crippen molar-refractivity contribution < 1.29 is 23.5 Å². The van der Waals surface area contributed by atoms with Crippen LogP contribution < -0.4 is 20.1 Å². The Kier molecular flexibility index (Phi) is 4.81. The SMILES string of the molecule is CNC(=O)c1cccc(-c2cc(NC(=O)C3(c4ccc5c(c4)OCO5)CC3)ccc2F)c1. The maximum Gasteiger partial charge on any atom is 0.251 e. The van der Waals surface area contributed by atoms with Crippen LogP contribution in [0.1, 0.15) is 28.8 Å². The quantitative estimate of drug-likeness (QED) is 0.632. The average molecular weight is 432 g/mol. The zero-order chi connectivity index (χ0) is 22.3. The van der Waals surface area contributed by atoms with Crippen molar-refractivity contribution in [2.24, 2.45) is 0 Å². The number of anilines is 1. The van der Waals surface area contributed by atoms with Crippen molar-refractivity contribution in [3.8, 4) is 22.6 Å². The fraction of sp³-hybridized carbons (Fsp3) is 0.200. The van der Waals surface area contributed by atoms with Gasteiger partial charge < -0.3 is 20.1 Å². The summed E-state index contributed by atoms with van der Waals surface area (Å²) in [6.45, 7) is 0.178. The first kappa shape index (κ1) is 20.1. The first-order valence-electron chi connectivity index (χ1n) is 10.3. The molecular formula is C25H21FN2O4. The van der Waals surface area contributed by atoms with Crippen LogP contribution in [0.3, 0.4) is 0 Å². The molecule has 32 heavy (non-hydrogen) atoms. The fourth-order valence-electron chi connectivity index (χ4n) is 4.01. The first-order chi connectivity index (χ1) is 15.5. The highest BCUT2D eigenvalue weighted by molar-refractivity contribution is 6.02. The number of rotatable bonds is 5. The standard InChI is InChI=1S/C25H21FN2O4/c1-27-23(29)16-4-2-3-15(11-16)19-13-18(6-7-20(19)26)28-24(30)25(9-10-25)17-5-8-21-22(12-17)32-14-31-21/h2-8,11-13H,9-10,14H2,1H3,(H,27,29)(H,28,30). The summed E-state index contributed by atoms with van der Waals surface area (Å²) in [4.78, 5) is 25.1. The smallest absolute Gasteiger partial charge is 0.251 e. The maximum atomic E-state index is 14.6. The van der Waals surface area contributed by atoms with E-state index in [0.29, 0.717) is 33.9 Å². The molecular weight excluding hydrogens is 411 g/mol. The summed E-state index contributed by atoms with van der Waals surface area (Å²) in [5.41, 5.74) is 2.02. The zero-order valence-electron chi connectivity index (χ0n) is 17.4. The second kappa shape index (κ2) is 7.67. The van der Waals surface area contributed by atoms with Gasteiger partial charge in [-0.15, -0.1) is 0 Å². The van der Waals surface area contributed by atoms with E-state index in [1.165, 1.54) is 12.1 Å². The molecule has 5 rings (SSSR count). The number of amides is 2. The summed E-state index contributed by atoms with van der Waals surface area (Å²) in [7, 11) is 1.54. The minimum Gasteiger partial charge on any atom is -0.454 e. The monoisotopic (exact) mass is 432 g/mol. The molecule has 0 aromatic heterocycles. The Hall–Kier alpha value is -3.87. The molecule has 1 saturated carbocycles. The van der Waals surface area contributed by atoms with E-state index in [1.807, 2.05) is 18.2 Å². The predicted octanol–water partition coefficient (Wildman–Crippen LogP) is 4.25. The van der Waals surface area contributed by atoms with E-state index in [4.69, 9.17) is 9.47 Å². The summed E-state index contributed by atoms with van der Waals surface area (Å²) in [6, 6.07) is 16.7. The van der Waals surface area contributed by atoms with Crippen molar-refractivity contribution >= 4 is 17.5 Å². The number of halogens is 1. The maximum absolute atomic E-state index is 14.6. The van der Waals surface area contributed by atoms with E-state index in [-0.39, 0.29) is 18.6 Å².